The van der Waals surface area contributed by atoms with Gasteiger partial charge in [-0.1, -0.05) is 67.8 Å². The molecule has 23 nitrogen and oxygen atoms in total. The molecule has 0 spiro atoms. The van der Waals surface area contributed by atoms with E-state index in [4.69, 9.17) is 21.9 Å². The molecule has 394 valence electrons. The van der Waals surface area contributed by atoms with E-state index in [0.717, 1.165) is 10.8 Å². The van der Waals surface area contributed by atoms with Crippen LogP contribution in [0.2, 0.25) is 0 Å². The Hall–Kier alpha value is -6.11. The Labute approximate surface area is 421 Å². The van der Waals surface area contributed by atoms with Crippen LogP contribution in [0, 0.1) is 11.8 Å². The fraction of sp³-hybridized carbons (Fsp3) is 0.630. The summed E-state index contributed by atoms with van der Waals surface area (Å²) < 4.78 is 5.55. The predicted molar refractivity (Wildman–Crippen MR) is 265 cm³/mol. The van der Waals surface area contributed by atoms with E-state index in [2.05, 4.69) is 37.2 Å². The van der Waals surface area contributed by atoms with Crippen LogP contribution >= 0.6 is 21.6 Å². The highest BCUT2D eigenvalue weighted by molar-refractivity contribution is 8.76. The maximum absolute atomic E-state index is 14.6. The molecule has 1 aromatic carbocycles. The molecule has 8 atom stereocenters. The van der Waals surface area contributed by atoms with Crippen molar-refractivity contribution in [2.45, 2.75) is 141 Å². The molecule has 0 unspecified atom stereocenters. The number of nitrogens with zero attached hydrogens (tertiary/aromatic N) is 1. The minimum Gasteiger partial charge on any atom is -0.494 e. The number of nitrogens with two attached hydrogens (primary N) is 3. The smallest absolute Gasteiger partial charge is 0.246 e. The number of primary amides is 3. The number of rotatable bonds is 19. The molecule has 0 saturated carbocycles. The molecule has 0 aromatic heterocycles. The highest BCUT2D eigenvalue weighted by atomic mass is 33.1. The van der Waals surface area contributed by atoms with E-state index in [1.807, 2.05) is 20.8 Å². The quantitative estimate of drug-likeness (QED) is 0.0709. The van der Waals surface area contributed by atoms with Crippen LogP contribution in [0.5, 0.6) is 5.75 Å². The van der Waals surface area contributed by atoms with Gasteiger partial charge in [-0.3, -0.25) is 52.7 Å². The number of hydrogen-bond acceptors (Lipinski definition) is 14. The average molecular weight is 1030 g/mol. The first-order valence-corrected chi connectivity index (χ1v) is 26.3. The molecule has 25 heteroatoms. The number of hydrogen-bond donors (Lipinski definition) is 10. The molecule has 0 aliphatic carbocycles. The maximum Gasteiger partial charge on any atom is 0.246 e. The minimum atomic E-state index is -1.72. The number of amides is 11. The molecule has 71 heavy (non-hydrogen) atoms. The van der Waals surface area contributed by atoms with Gasteiger partial charge in [0.15, 0.2) is 0 Å². The summed E-state index contributed by atoms with van der Waals surface area (Å²) in [5, 5.41) is 18.3. The molecule has 2 saturated heterocycles. The third-order valence-corrected chi connectivity index (χ3v) is 14.1. The van der Waals surface area contributed by atoms with Gasteiger partial charge in [-0.25, -0.2) is 0 Å². The molecule has 0 radical (unpaired) electrons. The van der Waals surface area contributed by atoms with Gasteiger partial charge >= 0.3 is 0 Å². The van der Waals surface area contributed by atoms with Crippen molar-refractivity contribution in [3.8, 4) is 5.75 Å². The summed E-state index contributed by atoms with van der Waals surface area (Å²) in [6.07, 6.45) is 0.157. The molecular formula is C46H71N11O12S2. The van der Waals surface area contributed by atoms with Crippen LogP contribution < -0.4 is 59.2 Å². The van der Waals surface area contributed by atoms with Crippen LogP contribution in [0.1, 0.15) is 98.0 Å². The summed E-state index contributed by atoms with van der Waals surface area (Å²) >= 11 is 0. The van der Waals surface area contributed by atoms with Crippen LogP contribution in [0.3, 0.4) is 0 Å². The molecule has 11 amide bonds. The van der Waals surface area contributed by atoms with Crippen molar-refractivity contribution in [2.75, 3.05) is 31.2 Å². The SMILES string of the molecule is CCOc1ccc(C[C@H]2NC(=O)CCSSC[C@@H](C(=O)N3CCCC[C@H]3C(=O)N[C@@H](CC(C)C)C(=O)NCC(N)=O)NC(=O)[C@H](CC(N)=O)NC(=O)[C@H](CCC(N)=O)NC(=O)[C@H]([C@@H](C)CC)NC2=O)cc1. The third-order valence-electron chi connectivity index (χ3n) is 11.7. The second kappa shape index (κ2) is 29.9. The molecule has 13 N–H and O–H groups in total. The van der Waals surface area contributed by atoms with Crippen LogP contribution in [-0.4, -0.2) is 143 Å². The topological polar surface area (TPSA) is 363 Å². The number of nitrogens with one attached hydrogen (secondary N) is 7. The Morgan fingerprint density at radius 1 is 0.789 bits per heavy atom. The lowest BCUT2D eigenvalue weighted by Crippen LogP contribution is -2.62. The van der Waals surface area contributed by atoms with E-state index in [-0.39, 0.29) is 56.1 Å². The van der Waals surface area contributed by atoms with Crippen LogP contribution in [0.25, 0.3) is 0 Å². The first-order chi connectivity index (χ1) is 33.6. The van der Waals surface area contributed by atoms with Gasteiger partial charge in [-0.05, 0) is 68.6 Å². The number of carbonyl (C=O) groups is 11. The second-order valence-electron chi connectivity index (χ2n) is 17.9. The monoisotopic (exact) mass is 1030 g/mol. The number of piperidine rings is 1. The van der Waals surface area contributed by atoms with Crippen LogP contribution in [0.4, 0.5) is 0 Å². The largest absolute Gasteiger partial charge is 0.494 e. The lowest BCUT2D eigenvalue weighted by Gasteiger charge is -2.38. The van der Waals surface area contributed by atoms with Crippen molar-refractivity contribution >= 4 is 86.6 Å². The van der Waals surface area contributed by atoms with Gasteiger partial charge in [0.1, 0.15) is 48.0 Å². The van der Waals surface area contributed by atoms with E-state index in [9.17, 15) is 52.7 Å². The molecule has 0 bridgehead atoms. The van der Waals surface area contributed by atoms with Crippen LogP contribution in [0.15, 0.2) is 24.3 Å². The first-order valence-electron chi connectivity index (χ1n) is 23.8. The van der Waals surface area contributed by atoms with Gasteiger partial charge in [0.25, 0.3) is 0 Å². The van der Waals surface area contributed by atoms with Crippen molar-refractivity contribution < 1.29 is 57.5 Å². The molecule has 3 rings (SSSR count). The summed E-state index contributed by atoms with van der Waals surface area (Å²) in [5.74, 6) is -8.75. The van der Waals surface area contributed by atoms with Gasteiger partial charge in [-0.15, -0.1) is 0 Å². The number of carbonyl (C=O) groups excluding carboxylic acids is 11. The zero-order valence-corrected chi connectivity index (χ0v) is 42.6. The lowest BCUT2D eigenvalue weighted by atomic mass is 9.96. The minimum absolute atomic E-state index is 0.0193. The van der Waals surface area contributed by atoms with E-state index in [1.165, 1.54) is 15.7 Å². The van der Waals surface area contributed by atoms with Crippen molar-refractivity contribution in [3.63, 3.8) is 0 Å². The molecule has 2 fully saturated rings. The molecule has 1 aromatic rings. The zero-order chi connectivity index (χ0) is 52.8. The number of benzene rings is 1. The average Bonchev–Trinajstić information content (AvgIpc) is 3.31. The fourth-order valence-electron chi connectivity index (χ4n) is 7.75. The standard InChI is InChI=1S/C46H71N11O12S2/c1-6-26(5)39-45(67)52-29(15-16-35(47)58)41(63)53-32(22-36(48)59)42(64)55-33(24-71-70-19-17-38(61)51-31(43(65)56-39)21-27-11-13-28(14-12-27)69-7-2)46(68)57-18-9-8-10-34(57)44(66)54-30(20-25(3)4)40(62)50-23-37(49)60/h11-14,25-26,29-34,39H,6-10,15-24H2,1-5H3,(H2,47,58)(H2,48,59)(H2,49,60)(H,50,62)(H,51,61)(H,52,67)(H,53,63)(H,54,66)(H,55,64)(H,56,65)/t26-,29-,30-,31+,32-,33-,34-,39-/m0/s1. The van der Waals surface area contributed by atoms with Crippen molar-refractivity contribution in [1.82, 2.24) is 42.1 Å². The van der Waals surface area contributed by atoms with Gasteiger partial charge in [0.2, 0.25) is 65.0 Å². The Morgan fingerprint density at radius 3 is 2.07 bits per heavy atom. The van der Waals surface area contributed by atoms with Gasteiger partial charge < -0.3 is 64.1 Å². The Kier molecular flexibility index (Phi) is 25.0. The van der Waals surface area contributed by atoms with Gasteiger partial charge in [0.05, 0.1) is 19.6 Å². The summed E-state index contributed by atoms with van der Waals surface area (Å²) in [4.78, 5) is 149. The summed E-state index contributed by atoms with van der Waals surface area (Å²) in [7, 11) is 2.28. The predicted octanol–water partition coefficient (Wildman–Crippen LogP) is -1.46. The first kappa shape index (κ1) is 59.2. The van der Waals surface area contributed by atoms with Crippen molar-refractivity contribution in [2.24, 2.45) is 29.0 Å². The second-order valence-corrected chi connectivity index (χ2v) is 20.5. The van der Waals surface area contributed by atoms with Crippen molar-refractivity contribution in [1.29, 1.82) is 0 Å². The zero-order valence-electron chi connectivity index (χ0n) is 41.0. The van der Waals surface area contributed by atoms with E-state index in [0.29, 0.717) is 37.2 Å². The summed E-state index contributed by atoms with van der Waals surface area (Å²) in [5.41, 5.74) is 16.9. The van der Waals surface area contributed by atoms with E-state index >= 15 is 0 Å². The Bertz CT molecular complexity index is 2060. The fourth-order valence-corrected chi connectivity index (χ4v) is 9.89. The van der Waals surface area contributed by atoms with Crippen LogP contribution in [-0.2, 0) is 59.2 Å². The third kappa shape index (κ3) is 20.3. The van der Waals surface area contributed by atoms with Gasteiger partial charge in [-0.2, -0.15) is 0 Å². The highest BCUT2D eigenvalue weighted by Gasteiger charge is 2.40. The molecule has 2 aliphatic heterocycles. The molecule has 2 aliphatic rings. The van der Waals surface area contributed by atoms with E-state index < -0.39 is 133 Å². The molecule has 2 heterocycles. The normalized spacial score (nSPS) is 23.0. The summed E-state index contributed by atoms with van der Waals surface area (Å²) in [6, 6.07) is -2.39. The Morgan fingerprint density at radius 2 is 1.45 bits per heavy atom. The van der Waals surface area contributed by atoms with Gasteiger partial charge in [0, 0.05) is 37.3 Å². The Balaban J connectivity index is 2.05. The van der Waals surface area contributed by atoms with Crippen molar-refractivity contribution in [3.05, 3.63) is 29.8 Å². The number of likely N-dealkylation sites (tertiary alicyclic amines) is 1. The molecular weight excluding hydrogens is 963 g/mol. The highest BCUT2D eigenvalue weighted by Crippen LogP contribution is 2.26. The maximum atomic E-state index is 14.6. The lowest BCUT2D eigenvalue weighted by molar-refractivity contribution is -0.145. The number of ether oxygens (including phenoxy) is 1. The summed E-state index contributed by atoms with van der Waals surface area (Å²) in [6.45, 7) is 9.02. The van der Waals surface area contributed by atoms with E-state index in [1.54, 1.807) is 38.1 Å².